The SMILES string of the molecule is CC(C)CC(C)N(C)CCCCNC(C)C. The Balaban J connectivity index is 3.45. The number of hydrogen-bond donors (Lipinski definition) is 1. The molecule has 0 aromatic heterocycles. The van der Waals surface area contributed by atoms with Crippen molar-refractivity contribution in [2.45, 2.75) is 66.0 Å². The molecule has 0 aliphatic heterocycles. The van der Waals surface area contributed by atoms with Gasteiger partial charge in [0.2, 0.25) is 0 Å². The normalized spacial score (nSPS) is 14.1. The summed E-state index contributed by atoms with van der Waals surface area (Å²) >= 11 is 0. The zero-order valence-electron chi connectivity index (χ0n) is 12.2. The smallest absolute Gasteiger partial charge is 0.00663 e. The molecular formula is C14H32N2. The maximum atomic E-state index is 3.46. The first-order valence-corrected chi connectivity index (χ1v) is 6.87. The fourth-order valence-electron chi connectivity index (χ4n) is 1.96. The van der Waals surface area contributed by atoms with Gasteiger partial charge >= 0.3 is 0 Å². The van der Waals surface area contributed by atoms with Crippen LogP contribution in [-0.2, 0) is 0 Å². The Bertz CT molecular complexity index is 155. The van der Waals surface area contributed by atoms with Gasteiger partial charge in [-0.2, -0.15) is 0 Å². The van der Waals surface area contributed by atoms with Crippen molar-refractivity contribution in [3.8, 4) is 0 Å². The van der Waals surface area contributed by atoms with E-state index in [1.165, 1.54) is 25.8 Å². The molecule has 0 aliphatic carbocycles. The van der Waals surface area contributed by atoms with Crippen LogP contribution < -0.4 is 5.32 Å². The minimum atomic E-state index is 0.623. The summed E-state index contributed by atoms with van der Waals surface area (Å²) in [4.78, 5) is 2.50. The van der Waals surface area contributed by atoms with E-state index >= 15 is 0 Å². The Morgan fingerprint density at radius 2 is 1.62 bits per heavy atom. The lowest BCUT2D eigenvalue weighted by molar-refractivity contribution is 0.224. The first-order valence-electron chi connectivity index (χ1n) is 6.87. The number of nitrogens with zero attached hydrogens (tertiary/aromatic N) is 1. The molecule has 0 saturated heterocycles. The summed E-state index contributed by atoms with van der Waals surface area (Å²) in [6, 6.07) is 1.34. The molecule has 0 spiro atoms. The maximum absolute atomic E-state index is 3.46. The highest BCUT2D eigenvalue weighted by Crippen LogP contribution is 2.09. The lowest BCUT2D eigenvalue weighted by Gasteiger charge is -2.26. The topological polar surface area (TPSA) is 15.3 Å². The summed E-state index contributed by atoms with van der Waals surface area (Å²) in [5.74, 6) is 0.806. The van der Waals surface area contributed by atoms with Gasteiger partial charge in [0.05, 0.1) is 0 Å². The van der Waals surface area contributed by atoms with Crippen molar-refractivity contribution >= 4 is 0 Å². The molecule has 16 heavy (non-hydrogen) atoms. The average Bonchev–Trinajstić information content (AvgIpc) is 2.15. The van der Waals surface area contributed by atoms with Crippen LogP contribution in [-0.4, -0.2) is 37.1 Å². The maximum Gasteiger partial charge on any atom is 0.00663 e. The van der Waals surface area contributed by atoms with Gasteiger partial charge in [-0.15, -0.1) is 0 Å². The Hall–Kier alpha value is -0.0800. The zero-order valence-corrected chi connectivity index (χ0v) is 12.2. The second kappa shape index (κ2) is 9.00. The van der Waals surface area contributed by atoms with Crippen molar-refractivity contribution in [2.24, 2.45) is 5.92 Å². The van der Waals surface area contributed by atoms with E-state index in [1.54, 1.807) is 0 Å². The molecule has 0 aromatic carbocycles. The van der Waals surface area contributed by atoms with E-state index in [9.17, 15) is 0 Å². The van der Waals surface area contributed by atoms with Crippen LogP contribution in [0.25, 0.3) is 0 Å². The van der Waals surface area contributed by atoms with E-state index in [1.807, 2.05) is 0 Å². The van der Waals surface area contributed by atoms with Gasteiger partial charge in [0, 0.05) is 12.1 Å². The predicted octanol–water partition coefficient (Wildman–Crippen LogP) is 3.13. The monoisotopic (exact) mass is 228 g/mol. The molecule has 0 heterocycles. The number of unbranched alkanes of at least 4 members (excludes halogenated alkanes) is 1. The molecule has 0 saturated carbocycles. The Morgan fingerprint density at radius 1 is 1.00 bits per heavy atom. The highest BCUT2D eigenvalue weighted by Gasteiger charge is 2.09. The summed E-state index contributed by atoms with van der Waals surface area (Å²) in [6.07, 6.45) is 3.90. The molecule has 1 atom stereocenters. The summed E-state index contributed by atoms with van der Waals surface area (Å²) in [5, 5.41) is 3.46. The second-order valence-electron chi connectivity index (χ2n) is 5.78. The van der Waals surface area contributed by atoms with Crippen molar-refractivity contribution in [3.63, 3.8) is 0 Å². The molecule has 0 aromatic rings. The van der Waals surface area contributed by atoms with Gasteiger partial charge in [-0.25, -0.2) is 0 Å². The van der Waals surface area contributed by atoms with E-state index in [-0.39, 0.29) is 0 Å². The van der Waals surface area contributed by atoms with Crippen LogP contribution in [0.5, 0.6) is 0 Å². The van der Waals surface area contributed by atoms with Gasteiger partial charge in [-0.05, 0) is 52.2 Å². The third-order valence-electron chi connectivity index (χ3n) is 3.06. The Morgan fingerprint density at radius 3 is 2.12 bits per heavy atom. The fourth-order valence-corrected chi connectivity index (χ4v) is 1.96. The van der Waals surface area contributed by atoms with Crippen LogP contribution in [0.3, 0.4) is 0 Å². The molecular weight excluding hydrogens is 196 g/mol. The standard InChI is InChI=1S/C14H32N2/c1-12(2)11-14(5)16(6)10-8-7-9-15-13(3)4/h12-15H,7-11H2,1-6H3. The van der Waals surface area contributed by atoms with Crippen LogP contribution in [0.1, 0.15) is 53.9 Å². The van der Waals surface area contributed by atoms with Crippen molar-refractivity contribution in [3.05, 3.63) is 0 Å². The number of nitrogens with one attached hydrogen (secondary N) is 1. The highest BCUT2D eigenvalue weighted by atomic mass is 15.1. The second-order valence-corrected chi connectivity index (χ2v) is 5.78. The van der Waals surface area contributed by atoms with E-state index in [2.05, 4.69) is 51.9 Å². The molecule has 0 radical (unpaired) electrons. The fraction of sp³-hybridized carbons (Fsp3) is 1.00. The molecule has 0 rings (SSSR count). The van der Waals surface area contributed by atoms with Crippen molar-refractivity contribution < 1.29 is 0 Å². The minimum Gasteiger partial charge on any atom is -0.315 e. The van der Waals surface area contributed by atoms with E-state index in [0.29, 0.717) is 6.04 Å². The van der Waals surface area contributed by atoms with Gasteiger partial charge < -0.3 is 10.2 Å². The van der Waals surface area contributed by atoms with Crippen molar-refractivity contribution in [1.82, 2.24) is 10.2 Å². The van der Waals surface area contributed by atoms with Crippen LogP contribution in [0.15, 0.2) is 0 Å². The molecule has 2 nitrogen and oxygen atoms in total. The van der Waals surface area contributed by atoms with Gasteiger partial charge in [0.25, 0.3) is 0 Å². The number of rotatable bonds is 9. The summed E-state index contributed by atoms with van der Waals surface area (Å²) in [7, 11) is 2.25. The van der Waals surface area contributed by atoms with Crippen molar-refractivity contribution in [2.75, 3.05) is 20.1 Å². The van der Waals surface area contributed by atoms with E-state index in [4.69, 9.17) is 0 Å². The van der Waals surface area contributed by atoms with Crippen LogP contribution in [0.2, 0.25) is 0 Å². The van der Waals surface area contributed by atoms with Gasteiger partial charge in [-0.3, -0.25) is 0 Å². The lowest BCUT2D eigenvalue weighted by Crippen LogP contribution is -2.31. The van der Waals surface area contributed by atoms with E-state index < -0.39 is 0 Å². The van der Waals surface area contributed by atoms with Crippen LogP contribution >= 0.6 is 0 Å². The lowest BCUT2D eigenvalue weighted by atomic mass is 10.0. The highest BCUT2D eigenvalue weighted by molar-refractivity contribution is 4.65. The zero-order chi connectivity index (χ0) is 12.6. The molecule has 1 unspecified atom stereocenters. The summed E-state index contributed by atoms with van der Waals surface area (Å²) in [6.45, 7) is 13.7. The molecule has 0 aliphatic rings. The van der Waals surface area contributed by atoms with Gasteiger partial charge in [-0.1, -0.05) is 27.7 Å². The quantitative estimate of drug-likeness (QED) is 0.610. The minimum absolute atomic E-state index is 0.623. The van der Waals surface area contributed by atoms with E-state index in [0.717, 1.165) is 18.5 Å². The van der Waals surface area contributed by atoms with Crippen LogP contribution in [0, 0.1) is 5.92 Å². The Labute approximate surface area is 103 Å². The molecule has 0 bridgehead atoms. The summed E-state index contributed by atoms with van der Waals surface area (Å²) in [5.41, 5.74) is 0. The first kappa shape index (κ1) is 15.9. The Kier molecular flexibility index (Phi) is 8.96. The summed E-state index contributed by atoms with van der Waals surface area (Å²) < 4.78 is 0. The predicted molar refractivity (Wildman–Crippen MR) is 73.9 cm³/mol. The molecule has 98 valence electrons. The first-order chi connectivity index (χ1) is 7.43. The average molecular weight is 228 g/mol. The van der Waals surface area contributed by atoms with Crippen LogP contribution in [0.4, 0.5) is 0 Å². The molecule has 0 fully saturated rings. The largest absolute Gasteiger partial charge is 0.315 e. The van der Waals surface area contributed by atoms with Gasteiger partial charge in [0.15, 0.2) is 0 Å². The number of hydrogen-bond acceptors (Lipinski definition) is 2. The molecule has 1 N–H and O–H groups in total. The molecule has 0 amide bonds. The molecule has 2 heteroatoms. The van der Waals surface area contributed by atoms with Gasteiger partial charge in [0.1, 0.15) is 0 Å². The third kappa shape index (κ3) is 9.17. The third-order valence-corrected chi connectivity index (χ3v) is 3.06. The van der Waals surface area contributed by atoms with Crippen molar-refractivity contribution in [1.29, 1.82) is 0 Å².